The van der Waals surface area contributed by atoms with Gasteiger partial charge in [0.05, 0.1) is 10.7 Å². The van der Waals surface area contributed by atoms with Gasteiger partial charge in [-0.1, -0.05) is 11.6 Å². The lowest BCUT2D eigenvalue weighted by atomic mass is 10.3. The molecule has 0 unspecified atom stereocenters. The number of hydrogen-bond acceptors (Lipinski definition) is 2. The van der Waals surface area contributed by atoms with Crippen molar-refractivity contribution in [2.75, 3.05) is 11.2 Å². The molecule has 0 aromatic heterocycles. The average Bonchev–Trinajstić information content (AvgIpc) is 2.22. The minimum atomic E-state index is -0.742. The molecule has 0 radical (unpaired) electrons. The molecule has 0 atom stereocenters. The maximum Gasteiger partial charge on any atom is 0.325 e. The van der Waals surface area contributed by atoms with E-state index in [1.165, 1.54) is 6.07 Å². The van der Waals surface area contributed by atoms with Crippen LogP contribution in [0.4, 0.5) is 14.9 Å². The van der Waals surface area contributed by atoms with Gasteiger partial charge in [-0.05, 0) is 18.2 Å². The van der Waals surface area contributed by atoms with E-state index in [9.17, 15) is 14.0 Å². The molecule has 0 saturated carbocycles. The zero-order valence-corrected chi connectivity index (χ0v) is 10.1. The van der Waals surface area contributed by atoms with E-state index in [4.69, 9.17) is 23.2 Å². The molecule has 0 aliphatic rings. The zero-order valence-electron chi connectivity index (χ0n) is 8.60. The van der Waals surface area contributed by atoms with Gasteiger partial charge < -0.3 is 5.32 Å². The second-order valence-electron chi connectivity index (χ2n) is 3.07. The molecule has 17 heavy (non-hydrogen) atoms. The highest BCUT2D eigenvalue weighted by molar-refractivity contribution is 6.33. The van der Waals surface area contributed by atoms with Crippen LogP contribution in [0.1, 0.15) is 6.42 Å². The Hall–Kier alpha value is -1.33. The molecule has 7 heteroatoms. The monoisotopic (exact) mass is 278 g/mol. The van der Waals surface area contributed by atoms with Crippen molar-refractivity contribution in [3.05, 3.63) is 29.0 Å². The summed E-state index contributed by atoms with van der Waals surface area (Å²) in [4.78, 5) is 22.3. The summed E-state index contributed by atoms with van der Waals surface area (Å²) in [6, 6.07) is 2.75. The fraction of sp³-hybridized carbons (Fsp3) is 0.200. The Morgan fingerprint density at radius 2 is 2.06 bits per heavy atom. The number of hydrogen-bond donors (Lipinski definition) is 2. The van der Waals surface area contributed by atoms with Crippen molar-refractivity contribution in [1.29, 1.82) is 0 Å². The number of nitrogens with one attached hydrogen (secondary N) is 2. The second-order valence-corrected chi connectivity index (χ2v) is 3.85. The van der Waals surface area contributed by atoms with Gasteiger partial charge in [0.1, 0.15) is 5.82 Å². The van der Waals surface area contributed by atoms with E-state index in [-0.39, 0.29) is 23.0 Å². The lowest BCUT2D eigenvalue weighted by molar-refractivity contribution is -0.119. The van der Waals surface area contributed by atoms with Crippen molar-refractivity contribution in [3.8, 4) is 0 Å². The number of halogens is 3. The summed E-state index contributed by atoms with van der Waals surface area (Å²) >= 11 is 11.0. The van der Waals surface area contributed by atoms with Crippen molar-refractivity contribution < 1.29 is 14.0 Å². The van der Waals surface area contributed by atoms with Gasteiger partial charge in [0, 0.05) is 12.3 Å². The quantitative estimate of drug-likeness (QED) is 0.836. The fourth-order valence-corrected chi connectivity index (χ4v) is 1.41. The number of alkyl halides is 1. The lowest BCUT2D eigenvalue weighted by Crippen LogP contribution is -2.34. The van der Waals surface area contributed by atoms with Crippen molar-refractivity contribution in [2.45, 2.75) is 6.42 Å². The van der Waals surface area contributed by atoms with E-state index in [0.717, 1.165) is 12.1 Å². The normalized spacial score (nSPS) is 9.82. The molecule has 0 spiro atoms. The van der Waals surface area contributed by atoms with Crippen molar-refractivity contribution >= 4 is 40.8 Å². The summed E-state index contributed by atoms with van der Waals surface area (Å²) in [6.45, 7) is 0. The first-order valence-electron chi connectivity index (χ1n) is 4.65. The van der Waals surface area contributed by atoms with Gasteiger partial charge in [0.2, 0.25) is 5.91 Å². The van der Waals surface area contributed by atoms with Crippen LogP contribution in [0, 0.1) is 5.82 Å². The van der Waals surface area contributed by atoms with E-state index < -0.39 is 17.8 Å². The number of amides is 3. The maximum atomic E-state index is 12.7. The first-order chi connectivity index (χ1) is 8.02. The molecular formula is C10H9Cl2FN2O2. The van der Waals surface area contributed by atoms with Crippen LogP contribution in [0.25, 0.3) is 0 Å². The lowest BCUT2D eigenvalue weighted by Gasteiger charge is -2.07. The Balaban J connectivity index is 2.59. The summed E-state index contributed by atoms with van der Waals surface area (Å²) in [6.07, 6.45) is 0.0339. The first-order valence-corrected chi connectivity index (χ1v) is 5.56. The predicted octanol–water partition coefficient (Wildman–Crippen LogP) is 2.76. The molecule has 0 aliphatic heterocycles. The van der Waals surface area contributed by atoms with Gasteiger partial charge >= 0.3 is 6.03 Å². The number of anilines is 1. The van der Waals surface area contributed by atoms with E-state index in [0.29, 0.717) is 0 Å². The van der Waals surface area contributed by atoms with Crippen LogP contribution in [-0.2, 0) is 4.79 Å². The Bertz CT molecular complexity index is 440. The Morgan fingerprint density at radius 1 is 1.35 bits per heavy atom. The van der Waals surface area contributed by atoms with Gasteiger partial charge in [0.15, 0.2) is 0 Å². The third kappa shape index (κ3) is 4.58. The third-order valence-electron chi connectivity index (χ3n) is 1.75. The fourth-order valence-electron chi connectivity index (χ4n) is 1.02. The number of urea groups is 1. The van der Waals surface area contributed by atoms with E-state index >= 15 is 0 Å². The van der Waals surface area contributed by atoms with Crippen LogP contribution in [0.15, 0.2) is 18.2 Å². The van der Waals surface area contributed by atoms with Gasteiger partial charge in [-0.15, -0.1) is 11.6 Å². The molecule has 0 heterocycles. The molecule has 1 aromatic carbocycles. The van der Waals surface area contributed by atoms with Crippen molar-refractivity contribution in [3.63, 3.8) is 0 Å². The Morgan fingerprint density at radius 3 is 2.65 bits per heavy atom. The summed E-state index contributed by atoms with van der Waals surface area (Å²) in [5.41, 5.74) is 0.212. The summed E-state index contributed by atoms with van der Waals surface area (Å²) < 4.78 is 12.7. The van der Waals surface area contributed by atoms with E-state index in [1.54, 1.807) is 0 Å². The van der Waals surface area contributed by atoms with Gasteiger partial charge in [-0.3, -0.25) is 10.1 Å². The topological polar surface area (TPSA) is 58.2 Å². The number of rotatable bonds is 3. The number of carbonyl (C=O) groups excluding carboxylic acids is 2. The molecule has 1 aromatic rings. The number of carbonyl (C=O) groups is 2. The SMILES string of the molecule is O=C(CCCl)NC(=O)Nc1ccc(F)cc1Cl. The van der Waals surface area contributed by atoms with Crippen LogP contribution < -0.4 is 10.6 Å². The highest BCUT2D eigenvalue weighted by Crippen LogP contribution is 2.22. The van der Waals surface area contributed by atoms with Gasteiger partial charge in [0.25, 0.3) is 0 Å². The van der Waals surface area contributed by atoms with Crippen molar-refractivity contribution in [1.82, 2.24) is 5.32 Å². The molecule has 2 N–H and O–H groups in total. The van der Waals surface area contributed by atoms with E-state index in [2.05, 4.69) is 5.32 Å². The van der Waals surface area contributed by atoms with Crippen LogP contribution in [-0.4, -0.2) is 17.8 Å². The Labute approximate surface area is 107 Å². The summed E-state index contributed by atoms with van der Waals surface area (Å²) in [5, 5.41) is 4.41. The summed E-state index contributed by atoms with van der Waals surface area (Å²) in [7, 11) is 0. The standard InChI is InChI=1S/C10H9Cl2FN2O2/c11-4-3-9(16)15-10(17)14-8-2-1-6(13)5-7(8)12/h1-2,5H,3-4H2,(H2,14,15,16,17). The van der Waals surface area contributed by atoms with Crippen LogP contribution in [0.3, 0.4) is 0 Å². The molecule has 4 nitrogen and oxygen atoms in total. The predicted molar refractivity (Wildman–Crippen MR) is 63.9 cm³/mol. The zero-order chi connectivity index (χ0) is 12.8. The second kappa shape index (κ2) is 6.42. The number of benzene rings is 1. The highest BCUT2D eigenvalue weighted by atomic mass is 35.5. The maximum absolute atomic E-state index is 12.7. The summed E-state index contributed by atoms with van der Waals surface area (Å²) in [5.74, 6) is -0.897. The molecule has 0 saturated heterocycles. The van der Waals surface area contributed by atoms with E-state index in [1.807, 2.05) is 5.32 Å². The molecule has 0 aliphatic carbocycles. The molecule has 3 amide bonds. The molecule has 0 bridgehead atoms. The van der Waals surface area contributed by atoms with Crippen molar-refractivity contribution in [2.24, 2.45) is 0 Å². The first kappa shape index (κ1) is 13.7. The van der Waals surface area contributed by atoms with Crippen LogP contribution >= 0.6 is 23.2 Å². The number of imide groups is 1. The smallest absolute Gasteiger partial charge is 0.306 e. The molecular weight excluding hydrogens is 270 g/mol. The van der Waals surface area contributed by atoms with Crippen LogP contribution in [0.5, 0.6) is 0 Å². The minimum Gasteiger partial charge on any atom is -0.306 e. The molecule has 1 rings (SSSR count). The minimum absolute atomic E-state index is 0.0339. The highest BCUT2D eigenvalue weighted by Gasteiger charge is 2.09. The average molecular weight is 279 g/mol. The van der Waals surface area contributed by atoms with Gasteiger partial charge in [-0.2, -0.15) is 0 Å². The largest absolute Gasteiger partial charge is 0.325 e. The molecule has 92 valence electrons. The van der Waals surface area contributed by atoms with Gasteiger partial charge in [-0.25, -0.2) is 9.18 Å². The molecule has 0 fully saturated rings. The third-order valence-corrected chi connectivity index (χ3v) is 2.26. The Kier molecular flexibility index (Phi) is 5.18. The van der Waals surface area contributed by atoms with Crippen LogP contribution in [0.2, 0.25) is 5.02 Å².